The number of hydrogen-bond donors (Lipinski definition) is 0. The molecule has 53 heavy (non-hydrogen) atoms. The van der Waals surface area contributed by atoms with Crippen molar-refractivity contribution in [2.24, 2.45) is 0 Å². The molecule has 0 bridgehead atoms. The second-order valence-electron chi connectivity index (χ2n) is 13.1. The Morgan fingerprint density at radius 2 is 0.943 bits per heavy atom. The number of nitrogens with zero attached hydrogens (tertiary/aromatic N) is 4. The first-order chi connectivity index (χ1) is 26.2. The first-order valence-corrected chi connectivity index (χ1v) is 18.4. The first-order valence-electron chi connectivity index (χ1n) is 17.6. The second kappa shape index (κ2) is 13.1. The minimum absolute atomic E-state index is 0.615. The van der Waals surface area contributed by atoms with E-state index in [1.807, 2.05) is 30.5 Å². The molecule has 0 aliphatic carbocycles. The number of benzene rings is 7. The molecule has 10 aromatic rings. The van der Waals surface area contributed by atoms with Gasteiger partial charge in [-0.3, -0.25) is 4.98 Å². The van der Waals surface area contributed by atoms with E-state index >= 15 is 0 Å². The van der Waals surface area contributed by atoms with Crippen LogP contribution in [0.4, 0.5) is 0 Å². The third-order valence-electron chi connectivity index (χ3n) is 9.74. The Bertz CT molecular complexity index is 2950. The van der Waals surface area contributed by atoms with Crippen molar-refractivity contribution >= 4 is 42.4 Å². The van der Waals surface area contributed by atoms with Crippen molar-refractivity contribution in [2.75, 3.05) is 0 Å². The summed E-state index contributed by atoms with van der Waals surface area (Å²) < 4.78 is 2.38. The van der Waals surface area contributed by atoms with Crippen molar-refractivity contribution in [3.05, 3.63) is 182 Å². The van der Waals surface area contributed by atoms with Crippen molar-refractivity contribution in [2.45, 2.75) is 0 Å². The summed E-state index contributed by atoms with van der Waals surface area (Å²) in [5, 5.41) is 3.58. The first kappa shape index (κ1) is 31.0. The van der Waals surface area contributed by atoms with Gasteiger partial charge in [-0.1, -0.05) is 133 Å². The molecule has 248 valence electrons. The molecule has 0 spiro atoms. The van der Waals surface area contributed by atoms with Crippen molar-refractivity contribution in [3.63, 3.8) is 0 Å². The highest BCUT2D eigenvalue weighted by atomic mass is 32.1. The van der Waals surface area contributed by atoms with E-state index in [1.54, 1.807) is 11.3 Å². The Balaban J connectivity index is 1.21. The Morgan fingerprint density at radius 3 is 1.77 bits per heavy atom. The van der Waals surface area contributed by atoms with Crippen molar-refractivity contribution in [3.8, 4) is 67.5 Å². The lowest BCUT2D eigenvalue weighted by Gasteiger charge is -2.13. The van der Waals surface area contributed by atoms with Crippen LogP contribution < -0.4 is 0 Å². The number of rotatable bonds is 6. The zero-order valence-electron chi connectivity index (χ0n) is 28.5. The average Bonchev–Trinajstić information content (AvgIpc) is 3.63. The smallest absolute Gasteiger partial charge is 0.164 e. The highest BCUT2D eigenvalue weighted by Gasteiger charge is 2.18. The van der Waals surface area contributed by atoms with Gasteiger partial charge in [0.05, 0.1) is 10.2 Å². The fourth-order valence-corrected chi connectivity index (χ4v) is 8.29. The lowest BCUT2D eigenvalue weighted by atomic mass is 9.94. The minimum atomic E-state index is 0.615. The summed E-state index contributed by atoms with van der Waals surface area (Å²) >= 11 is 1.78. The molecule has 0 saturated carbocycles. The standard InChI is InChI=1S/C48H30N4S/c1-3-12-31(13-4-1)35-18-11-19-37(27-35)47-50-46(33-15-5-2-6-16-33)51-48(52-47)40-29-38(36-23-22-32-14-7-8-17-34(32)26-36)28-39(30-40)41-24-25-49-44-42-20-9-10-21-43(42)53-45(41)44/h1-30H. The number of hydrogen-bond acceptors (Lipinski definition) is 5. The van der Waals surface area contributed by atoms with Crippen LogP contribution >= 0.6 is 11.3 Å². The van der Waals surface area contributed by atoms with Gasteiger partial charge in [-0.05, 0) is 81.1 Å². The van der Waals surface area contributed by atoms with Crippen LogP contribution in [0.2, 0.25) is 0 Å². The summed E-state index contributed by atoms with van der Waals surface area (Å²) in [5.74, 6) is 1.87. The fourth-order valence-electron chi connectivity index (χ4n) is 7.10. The van der Waals surface area contributed by atoms with Crippen LogP contribution in [-0.2, 0) is 0 Å². The molecule has 10 rings (SSSR count). The average molecular weight is 695 g/mol. The SMILES string of the molecule is c1ccc(-c2cccc(-c3nc(-c4ccccc4)nc(-c4cc(-c5ccc6ccccc6c5)cc(-c5ccnc6c5sc5ccccc56)c4)n3)c2)cc1. The van der Waals surface area contributed by atoms with Crippen LogP contribution in [0.1, 0.15) is 0 Å². The van der Waals surface area contributed by atoms with Gasteiger partial charge in [-0.15, -0.1) is 11.3 Å². The Hall–Kier alpha value is -6.82. The van der Waals surface area contributed by atoms with Crippen LogP contribution in [-0.4, -0.2) is 19.9 Å². The molecule has 0 saturated heterocycles. The summed E-state index contributed by atoms with van der Waals surface area (Å²) in [6.45, 7) is 0. The van der Waals surface area contributed by atoms with Gasteiger partial charge >= 0.3 is 0 Å². The predicted octanol–water partition coefficient (Wildman–Crippen LogP) is 12.8. The highest BCUT2D eigenvalue weighted by molar-refractivity contribution is 7.26. The third-order valence-corrected chi connectivity index (χ3v) is 10.9. The van der Waals surface area contributed by atoms with Gasteiger partial charge in [-0.25, -0.2) is 15.0 Å². The summed E-state index contributed by atoms with van der Waals surface area (Å²) in [5.41, 5.74) is 10.5. The van der Waals surface area contributed by atoms with Gasteiger partial charge in [0.2, 0.25) is 0 Å². The van der Waals surface area contributed by atoms with E-state index in [4.69, 9.17) is 19.9 Å². The van der Waals surface area contributed by atoms with Crippen molar-refractivity contribution < 1.29 is 0 Å². The zero-order valence-corrected chi connectivity index (χ0v) is 29.3. The van der Waals surface area contributed by atoms with Gasteiger partial charge in [-0.2, -0.15) is 0 Å². The molecule has 0 fully saturated rings. The van der Waals surface area contributed by atoms with E-state index in [0.717, 1.165) is 60.3 Å². The molecule has 0 atom stereocenters. The number of aromatic nitrogens is 4. The Morgan fingerprint density at radius 1 is 0.358 bits per heavy atom. The molecule has 4 nitrogen and oxygen atoms in total. The Kier molecular flexibility index (Phi) is 7.63. The highest BCUT2D eigenvalue weighted by Crippen LogP contribution is 2.41. The van der Waals surface area contributed by atoms with Crippen LogP contribution in [0.25, 0.3) is 98.6 Å². The van der Waals surface area contributed by atoms with E-state index in [0.29, 0.717) is 17.5 Å². The molecule has 5 heteroatoms. The zero-order chi connectivity index (χ0) is 35.1. The van der Waals surface area contributed by atoms with Gasteiger partial charge in [0, 0.05) is 38.5 Å². The molecule has 0 radical (unpaired) electrons. The van der Waals surface area contributed by atoms with Crippen LogP contribution in [0.5, 0.6) is 0 Å². The lowest BCUT2D eigenvalue weighted by molar-refractivity contribution is 1.07. The number of pyridine rings is 1. The van der Waals surface area contributed by atoms with E-state index < -0.39 is 0 Å². The molecule has 3 heterocycles. The predicted molar refractivity (Wildman–Crippen MR) is 221 cm³/mol. The van der Waals surface area contributed by atoms with Gasteiger partial charge in [0.15, 0.2) is 17.5 Å². The second-order valence-corrected chi connectivity index (χ2v) is 14.2. The molecule has 0 amide bonds. The van der Waals surface area contributed by atoms with Crippen molar-refractivity contribution in [1.29, 1.82) is 0 Å². The third kappa shape index (κ3) is 5.83. The monoisotopic (exact) mass is 694 g/mol. The maximum absolute atomic E-state index is 5.22. The summed E-state index contributed by atoms with van der Waals surface area (Å²) in [7, 11) is 0. The van der Waals surface area contributed by atoms with E-state index in [1.165, 1.54) is 20.9 Å². The number of fused-ring (bicyclic) bond motifs is 4. The maximum atomic E-state index is 5.22. The summed E-state index contributed by atoms with van der Waals surface area (Å²) in [6, 6.07) is 61.5. The fraction of sp³-hybridized carbons (Fsp3) is 0. The van der Waals surface area contributed by atoms with Crippen LogP contribution in [0, 0.1) is 0 Å². The van der Waals surface area contributed by atoms with Gasteiger partial charge in [0.25, 0.3) is 0 Å². The number of thiophene rings is 1. The molecule has 3 aromatic heterocycles. The summed E-state index contributed by atoms with van der Waals surface area (Å²) in [4.78, 5) is 20.3. The molecule has 0 aliphatic heterocycles. The van der Waals surface area contributed by atoms with Crippen molar-refractivity contribution in [1.82, 2.24) is 19.9 Å². The normalized spacial score (nSPS) is 11.4. The van der Waals surface area contributed by atoms with Crippen LogP contribution in [0.15, 0.2) is 182 Å². The van der Waals surface area contributed by atoms with E-state index in [9.17, 15) is 0 Å². The quantitative estimate of drug-likeness (QED) is 0.174. The van der Waals surface area contributed by atoms with Crippen LogP contribution in [0.3, 0.4) is 0 Å². The summed E-state index contributed by atoms with van der Waals surface area (Å²) in [6.07, 6.45) is 1.92. The maximum Gasteiger partial charge on any atom is 0.164 e. The lowest BCUT2D eigenvalue weighted by Crippen LogP contribution is -2.00. The molecule has 0 N–H and O–H groups in total. The Labute approximate surface area is 310 Å². The van der Waals surface area contributed by atoms with Gasteiger partial charge in [0.1, 0.15) is 0 Å². The molecule has 7 aromatic carbocycles. The van der Waals surface area contributed by atoms with Gasteiger partial charge < -0.3 is 0 Å². The van der Waals surface area contributed by atoms with E-state index in [2.05, 4.69) is 152 Å². The minimum Gasteiger partial charge on any atom is -0.255 e. The molecular weight excluding hydrogens is 665 g/mol. The largest absolute Gasteiger partial charge is 0.255 e. The van der Waals surface area contributed by atoms with E-state index in [-0.39, 0.29) is 0 Å². The molecule has 0 unspecified atom stereocenters. The topological polar surface area (TPSA) is 51.6 Å². The molecule has 0 aliphatic rings. The molecular formula is C48H30N4S.